The summed E-state index contributed by atoms with van der Waals surface area (Å²) in [6.07, 6.45) is 0. The molecule has 0 unspecified atom stereocenters. The van der Waals surface area contributed by atoms with E-state index < -0.39 is 0 Å². The number of aryl methyl sites for hydroxylation is 3. The van der Waals surface area contributed by atoms with Gasteiger partial charge in [0.15, 0.2) is 5.78 Å². The van der Waals surface area contributed by atoms with Crippen LogP contribution in [0.4, 0.5) is 0 Å². The fraction of sp³-hybridized carbons (Fsp3) is 0.421. The van der Waals surface area contributed by atoms with Crippen LogP contribution in [0.1, 0.15) is 32.9 Å². The van der Waals surface area contributed by atoms with Gasteiger partial charge in [0, 0.05) is 35.5 Å². The minimum Gasteiger partial charge on any atom is -0.383 e. The normalized spacial score (nSPS) is 11.0. The van der Waals surface area contributed by atoms with Crippen LogP contribution >= 0.6 is 11.8 Å². The molecule has 0 saturated carbocycles. The Hall–Kier alpha value is -1.52. The first-order valence-corrected chi connectivity index (χ1v) is 8.81. The zero-order valence-electron chi connectivity index (χ0n) is 14.6. The van der Waals surface area contributed by atoms with Crippen LogP contribution in [0, 0.1) is 27.7 Å². The quantitative estimate of drug-likeness (QED) is 0.558. The second kappa shape index (κ2) is 7.84. The van der Waals surface area contributed by atoms with Crippen molar-refractivity contribution < 1.29 is 9.53 Å². The molecule has 0 aliphatic carbocycles. The predicted octanol–water partition coefficient (Wildman–Crippen LogP) is 4.34. The lowest BCUT2D eigenvalue weighted by atomic mass is 10.2. The topological polar surface area (TPSA) is 31.2 Å². The number of nitrogens with zero attached hydrogens (tertiary/aromatic N) is 1. The van der Waals surface area contributed by atoms with Crippen molar-refractivity contribution in [2.75, 3.05) is 19.5 Å². The van der Waals surface area contributed by atoms with E-state index in [2.05, 4.69) is 36.6 Å². The van der Waals surface area contributed by atoms with Crippen molar-refractivity contribution in [3.8, 4) is 0 Å². The maximum Gasteiger partial charge on any atom is 0.174 e. The van der Waals surface area contributed by atoms with Crippen molar-refractivity contribution in [3.05, 3.63) is 52.3 Å². The van der Waals surface area contributed by atoms with Gasteiger partial charge in [-0.2, -0.15) is 0 Å². The van der Waals surface area contributed by atoms with Crippen LogP contribution < -0.4 is 0 Å². The van der Waals surface area contributed by atoms with Crippen molar-refractivity contribution >= 4 is 17.5 Å². The van der Waals surface area contributed by atoms with E-state index in [0.717, 1.165) is 23.5 Å². The summed E-state index contributed by atoms with van der Waals surface area (Å²) in [6.45, 7) is 9.67. The van der Waals surface area contributed by atoms with Crippen molar-refractivity contribution in [1.82, 2.24) is 4.57 Å². The molecule has 1 aromatic heterocycles. The molecule has 2 rings (SSSR count). The third-order valence-corrected chi connectivity index (χ3v) is 5.26. The van der Waals surface area contributed by atoms with Crippen LogP contribution in [-0.2, 0) is 11.3 Å². The van der Waals surface area contributed by atoms with Crippen LogP contribution in [-0.4, -0.2) is 29.8 Å². The van der Waals surface area contributed by atoms with Gasteiger partial charge in [-0.25, -0.2) is 0 Å². The minimum atomic E-state index is 0.187. The number of methoxy groups -OCH3 is 1. The van der Waals surface area contributed by atoms with E-state index in [1.807, 2.05) is 19.9 Å². The van der Waals surface area contributed by atoms with Crippen LogP contribution in [0.2, 0.25) is 0 Å². The lowest BCUT2D eigenvalue weighted by Crippen LogP contribution is -2.09. The Labute approximate surface area is 143 Å². The molecule has 0 aliphatic rings. The molecule has 0 spiro atoms. The van der Waals surface area contributed by atoms with Gasteiger partial charge < -0.3 is 9.30 Å². The third kappa shape index (κ3) is 4.27. The molecule has 0 saturated heterocycles. The fourth-order valence-corrected chi connectivity index (χ4v) is 3.69. The van der Waals surface area contributed by atoms with Gasteiger partial charge in [0.1, 0.15) is 0 Å². The summed E-state index contributed by atoms with van der Waals surface area (Å²) < 4.78 is 7.30. The average Bonchev–Trinajstić information content (AvgIpc) is 2.79. The summed E-state index contributed by atoms with van der Waals surface area (Å²) in [5, 5.41) is 0. The van der Waals surface area contributed by atoms with Crippen LogP contribution in [0.15, 0.2) is 29.2 Å². The van der Waals surface area contributed by atoms with Gasteiger partial charge in [-0.15, -0.1) is 11.8 Å². The number of thioether (sulfide) groups is 1. The zero-order valence-corrected chi connectivity index (χ0v) is 15.4. The largest absolute Gasteiger partial charge is 0.383 e. The Balaban J connectivity index is 2.09. The Morgan fingerprint density at radius 2 is 1.91 bits per heavy atom. The zero-order chi connectivity index (χ0) is 17.0. The molecule has 23 heavy (non-hydrogen) atoms. The van der Waals surface area contributed by atoms with Crippen LogP contribution in [0.5, 0.6) is 0 Å². The molecule has 124 valence electrons. The lowest BCUT2D eigenvalue weighted by Gasteiger charge is -2.09. The van der Waals surface area contributed by atoms with E-state index in [9.17, 15) is 4.79 Å². The van der Waals surface area contributed by atoms with E-state index in [4.69, 9.17) is 4.74 Å². The number of aromatic nitrogens is 1. The number of rotatable bonds is 7. The summed E-state index contributed by atoms with van der Waals surface area (Å²) in [7, 11) is 1.70. The third-order valence-electron chi connectivity index (χ3n) is 4.08. The smallest absolute Gasteiger partial charge is 0.174 e. The van der Waals surface area contributed by atoms with Crippen molar-refractivity contribution in [2.45, 2.75) is 39.1 Å². The van der Waals surface area contributed by atoms with E-state index in [1.54, 1.807) is 18.9 Å². The minimum absolute atomic E-state index is 0.187. The maximum atomic E-state index is 12.6. The Kier molecular flexibility index (Phi) is 6.08. The van der Waals surface area contributed by atoms with E-state index in [1.165, 1.54) is 16.0 Å². The van der Waals surface area contributed by atoms with Crippen molar-refractivity contribution in [1.29, 1.82) is 0 Å². The number of ketones is 1. The van der Waals surface area contributed by atoms with Gasteiger partial charge in [0.05, 0.1) is 12.4 Å². The molecule has 0 bridgehead atoms. The highest BCUT2D eigenvalue weighted by molar-refractivity contribution is 8.00. The summed E-state index contributed by atoms with van der Waals surface area (Å²) in [6, 6.07) is 8.35. The van der Waals surface area contributed by atoms with Crippen molar-refractivity contribution in [2.24, 2.45) is 0 Å². The highest BCUT2D eigenvalue weighted by Crippen LogP contribution is 2.25. The second-order valence-corrected chi connectivity index (χ2v) is 6.93. The molecule has 3 nitrogen and oxygen atoms in total. The second-order valence-electron chi connectivity index (χ2n) is 5.91. The number of carbonyl (C=O) groups is 1. The first-order valence-electron chi connectivity index (χ1n) is 7.83. The standard InChI is InChI=1S/C19H25NO2S/c1-13-6-7-19(14(2)10-13)23-12-18(21)17-11-15(3)20(16(17)4)8-9-22-5/h6-7,10-11H,8-9,12H2,1-5H3. The molecule has 2 aromatic rings. The van der Waals surface area contributed by atoms with E-state index >= 15 is 0 Å². The summed E-state index contributed by atoms with van der Waals surface area (Å²) in [5.41, 5.74) is 5.45. The molecule has 0 aliphatic heterocycles. The molecule has 0 atom stereocenters. The average molecular weight is 331 g/mol. The number of hydrogen-bond donors (Lipinski definition) is 0. The molecular weight excluding hydrogens is 306 g/mol. The molecule has 4 heteroatoms. The predicted molar refractivity (Wildman–Crippen MR) is 96.8 cm³/mol. The van der Waals surface area contributed by atoms with Gasteiger partial charge in [0.25, 0.3) is 0 Å². The molecular formula is C19H25NO2S. The first-order chi connectivity index (χ1) is 10.9. The van der Waals surface area contributed by atoms with E-state index in [-0.39, 0.29) is 5.78 Å². The van der Waals surface area contributed by atoms with Gasteiger partial charge in [-0.3, -0.25) is 4.79 Å². The summed E-state index contributed by atoms with van der Waals surface area (Å²) >= 11 is 1.62. The molecule has 1 heterocycles. The molecule has 0 N–H and O–H groups in total. The number of Topliss-reactive ketones (excluding diaryl/α,β-unsaturated/α-hetero) is 1. The molecule has 1 aromatic carbocycles. The molecule has 0 radical (unpaired) electrons. The monoisotopic (exact) mass is 331 g/mol. The highest BCUT2D eigenvalue weighted by Gasteiger charge is 2.16. The van der Waals surface area contributed by atoms with Crippen LogP contribution in [0.25, 0.3) is 0 Å². The Morgan fingerprint density at radius 1 is 1.17 bits per heavy atom. The number of ether oxygens (including phenoxy) is 1. The number of benzene rings is 1. The van der Waals surface area contributed by atoms with Gasteiger partial charge in [0.2, 0.25) is 0 Å². The lowest BCUT2D eigenvalue weighted by molar-refractivity contribution is 0.102. The molecule has 0 amide bonds. The van der Waals surface area contributed by atoms with Gasteiger partial charge in [-0.05, 0) is 45.4 Å². The number of carbonyl (C=O) groups excluding carboxylic acids is 1. The number of hydrogen-bond acceptors (Lipinski definition) is 3. The SMILES string of the molecule is COCCn1c(C)cc(C(=O)CSc2ccc(C)cc2C)c1C. The summed E-state index contributed by atoms with van der Waals surface area (Å²) in [4.78, 5) is 13.8. The van der Waals surface area contributed by atoms with Crippen molar-refractivity contribution in [3.63, 3.8) is 0 Å². The fourth-order valence-electron chi connectivity index (χ4n) is 2.79. The molecule has 0 fully saturated rings. The van der Waals surface area contributed by atoms with Crippen LogP contribution in [0.3, 0.4) is 0 Å². The van der Waals surface area contributed by atoms with Gasteiger partial charge in [-0.1, -0.05) is 17.7 Å². The van der Waals surface area contributed by atoms with E-state index in [0.29, 0.717) is 12.4 Å². The summed E-state index contributed by atoms with van der Waals surface area (Å²) in [5.74, 6) is 0.658. The Bertz CT molecular complexity index is 704. The first kappa shape index (κ1) is 17.8. The Morgan fingerprint density at radius 3 is 2.57 bits per heavy atom. The highest BCUT2D eigenvalue weighted by atomic mass is 32.2. The van der Waals surface area contributed by atoms with Gasteiger partial charge >= 0.3 is 0 Å². The maximum absolute atomic E-state index is 12.6.